The van der Waals surface area contributed by atoms with E-state index in [1.807, 2.05) is 12.1 Å². The zero-order valence-electron chi connectivity index (χ0n) is 14.6. The monoisotopic (exact) mass is 354 g/mol. The van der Waals surface area contributed by atoms with E-state index in [2.05, 4.69) is 79.7 Å². The molecule has 6 nitrogen and oxygen atoms in total. The largest absolute Gasteiger partial charge is 0.384 e. The first-order chi connectivity index (χ1) is 13.3. The molecular formula is C21H18N6. The predicted octanol–water partition coefficient (Wildman–Crippen LogP) is 3.53. The van der Waals surface area contributed by atoms with Gasteiger partial charge in [-0.3, -0.25) is 0 Å². The van der Waals surface area contributed by atoms with Gasteiger partial charge in [0.15, 0.2) is 0 Å². The number of hydrogen-bond acceptors (Lipinski definition) is 4. The molecule has 132 valence electrons. The molecule has 6 heteroatoms. The SMILES string of the molecule is Nc1cc(Cc2cccc3c2ccn3Cc2ccccc2)c2n[nH]nc2n1. The van der Waals surface area contributed by atoms with E-state index in [9.17, 15) is 0 Å². The molecule has 0 aliphatic rings. The van der Waals surface area contributed by atoms with Gasteiger partial charge < -0.3 is 10.3 Å². The number of nitrogen functional groups attached to an aromatic ring is 1. The second-order valence-corrected chi connectivity index (χ2v) is 6.66. The minimum Gasteiger partial charge on any atom is -0.384 e. The van der Waals surface area contributed by atoms with E-state index in [1.54, 1.807) is 0 Å². The van der Waals surface area contributed by atoms with Gasteiger partial charge in [-0.25, -0.2) is 4.98 Å². The Morgan fingerprint density at radius 2 is 1.81 bits per heavy atom. The number of nitrogens with zero attached hydrogens (tertiary/aromatic N) is 4. The van der Waals surface area contributed by atoms with Gasteiger partial charge in [-0.05, 0) is 34.9 Å². The van der Waals surface area contributed by atoms with E-state index >= 15 is 0 Å². The maximum atomic E-state index is 5.94. The first-order valence-electron chi connectivity index (χ1n) is 8.84. The van der Waals surface area contributed by atoms with Crippen LogP contribution in [-0.4, -0.2) is 25.0 Å². The lowest BCUT2D eigenvalue weighted by Crippen LogP contribution is -1.99. The fraction of sp³-hybridized carbons (Fsp3) is 0.0952. The normalized spacial score (nSPS) is 11.4. The predicted molar refractivity (Wildman–Crippen MR) is 106 cm³/mol. The number of benzene rings is 2. The van der Waals surface area contributed by atoms with Crippen LogP contribution in [0.25, 0.3) is 22.1 Å². The smallest absolute Gasteiger partial charge is 0.203 e. The number of hydrogen-bond donors (Lipinski definition) is 2. The van der Waals surface area contributed by atoms with E-state index in [4.69, 9.17) is 5.73 Å². The molecule has 0 bridgehead atoms. The van der Waals surface area contributed by atoms with Crippen molar-refractivity contribution in [3.05, 3.63) is 83.6 Å². The van der Waals surface area contributed by atoms with Crippen molar-refractivity contribution in [2.45, 2.75) is 13.0 Å². The molecule has 0 amide bonds. The number of aromatic amines is 1. The zero-order valence-corrected chi connectivity index (χ0v) is 14.6. The molecule has 0 radical (unpaired) electrons. The van der Waals surface area contributed by atoms with Crippen LogP contribution in [0.15, 0.2) is 66.9 Å². The molecule has 5 aromatic rings. The number of anilines is 1. The summed E-state index contributed by atoms with van der Waals surface area (Å²) in [5, 5.41) is 12.2. The minimum absolute atomic E-state index is 0.459. The Labute approximate surface area is 155 Å². The van der Waals surface area contributed by atoms with Crippen LogP contribution in [-0.2, 0) is 13.0 Å². The van der Waals surface area contributed by atoms with Crippen LogP contribution in [0.3, 0.4) is 0 Å². The van der Waals surface area contributed by atoms with Crippen molar-refractivity contribution in [3.63, 3.8) is 0 Å². The lowest BCUT2D eigenvalue weighted by atomic mass is 10.0. The van der Waals surface area contributed by atoms with Gasteiger partial charge in [-0.1, -0.05) is 42.5 Å². The molecule has 3 N–H and O–H groups in total. The molecule has 3 heterocycles. The number of nitrogens with two attached hydrogens (primary N) is 1. The second kappa shape index (κ2) is 6.25. The molecule has 0 saturated heterocycles. The highest BCUT2D eigenvalue weighted by Crippen LogP contribution is 2.26. The average Bonchev–Trinajstić information content (AvgIpc) is 3.30. The molecule has 27 heavy (non-hydrogen) atoms. The summed E-state index contributed by atoms with van der Waals surface area (Å²) >= 11 is 0. The molecule has 5 rings (SSSR count). The summed E-state index contributed by atoms with van der Waals surface area (Å²) in [7, 11) is 0. The summed E-state index contributed by atoms with van der Waals surface area (Å²) in [6.45, 7) is 0.851. The van der Waals surface area contributed by atoms with Crippen LogP contribution in [0.4, 0.5) is 5.82 Å². The van der Waals surface area contributed by atoms with Gasteiger partial charge in [0.1, 0.15) is 11.3 Å². The summed E-state index contributed by atoms with van der Waals surface area (Å²) in [5.74, 6) is 0.459. The number of H-pyrrole nitrogens is 1. The maximum Gasteiger partial charge on any atom is 0.203 e. The molecule has 0 spiro atoms. The van der Waals surface area contributed by atoms with Gasteiger partial charge >= 0.3 is 0 Å². The highest BCUT2D eigenvalue weighted by Gasteiger charge is 2.12. The number of nitrogens with one attached hydrogen (secondary N) is 1. The van der Waals surface area contributed by atoms with E-state index < -0.39 is 0 Å². The number of rotatable bonds is 4. The van der Waals surface area contributed by atoms with Crippen molar-refractivity contribution in [2.75, 3.05) is 5.73 Å². The fourth-order valence-corrected chi connectivity index (χ4v) is 3.62. The van der Waals surface area contributed by atoms with Crippen molar-refractivity contribution >= 4 is 27.9 Å². The zero-order chi connectivity index (χ0) is 18.2. The molecule has 0 saturated carbocycles. The molecule has 0 unspecified atom stereocenters. The Morgan fingerprint density at radius 3 is 2.70 bits per heavy atom. The maximum absolute atomic E-state index is 5.94. The number of fused-ring (bicyclic) bond motifs is 2. The molecule has 0 aliphatic heterocycles. The Balaban J connectivity index is 1.55. The standard InChI is InChI=1S/C21H18N6/c22-19-12-16(20-21(23-19)25-26-24-20)11-15-7-4-8-18-17(15)9-10-27(18)13-14-5-2-1-3-6-14/h1-10,12H,11,13H2,(H3,22,23,24,25,26). The van der Waals surface area contributed by atoms with Crippen LogP contribution in [0, 0.1) is 0 Å². The molecule has 0 aliphatic carbocycles. The van der Waals surface area contributed by atoms with E-state index in [0.29, 0.717) is 11.5 Å². The summed E-state index contributed by atoms with van der Waals surface area (Å²) in [5.41, 5.74) is 12.0. The first kappa shape index (κ1) is 15.6. The average molecular weight is 354 g/mol. The van der Waals surface area contributed by atoms with E-state index in [-0.39, 0.29) is 0 Å². The number of pyridine rings is 1. The summed E-state index contributed by atoms with van der Waals surface area (Å²) in [4.78, 5) is 4.22. The Bertz CT molecular complexity index is 1240. The Kier molecular flexibility index (Phi) is 3.60. The highest BCUT2D eigenvalue weighted by atomic mass is 15.3. The van der Waals surface area contributed by atoms with Gasteiger partial charge in [0, 0.05) is 30.1 Å². The molecule has 2 aromatic carbocycles. The third kappa shape index (κ3) is 2.81. The van der Waals surface area contributed by atoms with Gasteiger partial charge in [-0.2, -0.15) is 10.3 Å². The topological polar surface area (TPSA) is 85.4 Å². The van der Waals surface area contributed by atoms with Crippen molar-refractivity contribution in [1.82, 2.24) is 25.0 Å². The van der Waals surface area contributed by atoms with Crippen molar-refractivity contribution < 1.29 is 0 Å². The molecular weight excluding hydrogens is 336 g/mol. The van der Waals surface area contributed by atoms with Gasteiger partial charge in [0.05, 0.1) is 0 Å². The van der Waals surface area contributed by atoms with Crippen molar-refractivity contribution in [1.29, 1.82) is 0 Å². The number of aromatic nitrogens is 5. The first-order valence-corrected chi connectivity index (χ1v) is 8.84. The minimum atomic E-state index is 0.459. The highest BCUT2D eigenvalue weighted by molar-refractivity contribution is 5.85. The second-order valence-electron chi connectivity index (χ2n) is 6.66. The van der Waals surface area contributed by atoms with Crippen LogP contribution < -0.4 is 5.73 Å². The van der Waals surface area contributed by atoms with Crippen LogP contribution >= 0.6 is 0 Å². The lowest BCUT2D eigenvalue weighted by Gasteiger charge is -2.08. The molecule has 0 atom stereocenters. The van der Waals surface area contributed by atoms with Crippen LogP contribution in [0.1, 0.15) is 16.7 Å². The van der Waals surface area contributed by atoms with Crippen molar-refractivity contribution in [3.8, 4) is 0 Å². The summed E-state index contributed by atoms with van der Waals surface area (Å²) in [6.07, 6.45) is 2.87. The quantitative estimate of drug-likeness (QED) is 0.517. The molecule has 0 fully saturated rings. The van der Waals surface area contributed by atoms with Crippen LogP contribution in [0.5, 0.6) is 0 Å². The summed E-state index contributed by atoms with van der Waals surface area (Å²) < 4.78 is 2.28. The Morgan fingerprint density at radius 1 is 0.926 bits per heavy atom. The van der Waals surface area contributed by atoms with Crippen LogP contribution in [0.2, 0.25) is 0 Å². The summed E-state index contributed by atoms with van der Waals surface area (Å²) in [6, 6.07) is 21.0. The van der Waals surface area contributed by atoms with Crippen molar-refractivity contribution in [2.24, 2.45) is 0 Å². The molecule has 3 aromatic heterocycles. The Hall–Kier alpha value is -3.67. The fourth-order valence-electron chi connectivity index (χ4n) is 3.62. The third-order valence-electron chi connectivity index (χ3n) is 4.87. The van der Waals surface area contributed by atoms with Gasteiger partial charge in [-0.15, -0.1) is 5.10 Å². The van der Waals surface area contributed by atoms with E-state index in [0.717, 1.165) is 24.0 Å². The lowest BCUT2D eigenvalue weighted by molar-refractivity contribution is 0.837. The van der Waals surface area contributed by atoms with Gasteiger partial charge in [0.2, 0.25) is 5.65 Å². The third-order valence-corrected chi connectivity index (χ3v) is 4.87. The van der Waals surface area contributed by atoms with E-state index in [1.165, 1.54) is 22.0 Å². The van der Waals surface area contributed by atoms with Gasteiger partial charge in [0.25, 0.3) is 0 Å².